The van der Waals surface area contributed by atoms with Crippen molar-refractivity contribution in [1.29, 1.82) is 0 Å². The van der Waals surface area contributed by atoms with E-state index in [0.717, 1.165) is 0 Å². The molecule has 1 aromatic carbocycles. The summed E-state index contributed by atoms with van der Waals surface area (Å²) in [5, 5.41) is 3.93. The summed E-state index contributed by atoms with van der Waals surface area (Å²) in [6, 6.07) is 4.55. The lowest BCUT2D eigenvalue weighted by molar-refractivity contribution is -0.131. The number of rotatable bonds is 7. The molecular weight excluding hydrogens is 375 g/mol. The van der Waals surface area contributed by atoms with Crippen LogP contribution in [0.4, 0.5) is 10.1 Å². The molecule has 0 N–H and O–H groups in total. The number of ketones is 1. The Bertz CT molecular complexity index is 873. The van der Waals surface area contributed by atoms with Gasteiger partial charge in [0, 0.05) is 50.5 Å². The second-order valence-corrected chi connectivity index (χ2v) is 7.64. The normalized spacial score (nSPS) is 14.5. The number of amides is 1. The maximum Gasteiger partial charge on any atom is 0.226 e. The number of nitrogens with zero attached hydrogens (tertiary/aromatic N) is 4. The van der Waals surface area contributed by atoms with Gasteiger partial charge < -0.3 is 14.3 Å². The van der Waals surface area contributed by atoms with E-state index in [-0.39, 0.29) is 17.6 Å². The Balaban J connectivity index is 1.46. The van der Waals surface area contributed by atoms with Crippen LogP contribution in [-0.2, 0) is 11.2 Å². The van der Waals surface area contributed by atoms with Crippen LogP contribution in [0.15, 0.2) is 22.7 Å². The summed E-state index contributed by atoms with van der Waals surface area (Å²) in [5.41, 5.74) is 0.835. The first-order valence-corrected chi connectivity index (χ1v) is 10.0. The topological polar surface area (TPSA) is 79.5 Å². The zero-order valence-electron chi connectivity index (χ0n) is 17.2. The summed E-state index contributed by atoms with van der Waals surface area (Å²) in [5.74, 6) is 0.987. The summed E-state index contributed by atoms with van der Waals surface area (Å²) >= 11 is 0. The number of aryl methyl sites for hydroxylation is 1. The molecule has 0 saturated carbocycles. The van der Waals surface area contributed by atoms with Crippen LogP contribution in [0.25, 0.3) is 0 Å². The zero-order chi connectivity index (χ0) is 21.0. The third kappa shape index (κ3) is 5.19. The first kappa shape index (κ1) is 21.0. The van der Waals surface area contributed by atoms with Crippen LogP contribution in [0.1, 0.15) is 61.6 Å². The molecule has 2 aromatic rings. The molecule has 0 aliphatic carbocycles. The van der Waals surface area contributed by atoms with E-state index in [1.165, 1.54) is 13.0 Å². The van der Waals surface area contributed by atoms with Crippen molar-refractivity contribution in [2.75, 3.05) is 31.1 Å². The van der Waals surface area contributed by atoms with E-state index in [4.69, 9.17) is 4.52 Å². The summed E-state index contributed by atoms with van der Waals surface area (Å²) in [6.45, 7) is 7.63. The predicted octanol–water partition coefficient (Wildman–Crippen LogP) is 3.21. The Kier molecular flexibility index (Phi) is 6.61. The van der Waals surface area contributed by atoms with Gasteiger partial charge in [0.25, 0.3) is 0 Å². The summed E-state index contributed by atoms with van der Waals surface area (Å²) in [6.07, 6.45) is 1.65. The second-order valence-electron chi connectivity index (χ2n) is 7.64. The van der Waals surface area contributed by atoms with Gasteiger partial charge in [-0.3, -0.25) is 9.59 Å². The highest BCUT2D eigenvalue weighted by Gasteiger charge is 2.23. The van der Waals surface area contributed by atoms with Crippen LogP contribution in [0.5, 0.6) is 0 Å². The van der Waals surface area contributed by atoms with Crippen LogP contribution in [0.2, 0.25) is 0 Å². The number of piperazine rings is 1. The van der Waals surface area contributed by atoms with E-state index in [1.807, 2.05) is 23.6 Å². The van der Waals surface area contributed by atoms with Crippen molar-refractivity contribution >= 4 is 17.4 Å². The number of hydrogen-bond acceptors (Lipinski definition) is 6. The third-order valence-electron chi connectivity index (χ3n) is 5.11. The highest BCUT2D eigenvalue weighted by molar-refractivity contribution is 5.94. The van der Waals surface area contributed by atoms with Gasteiger partial charge in [-0.1, -0.05) is 19.0 Å². The van der Waals surface area contributed by atoms with Crippen LogP contribution >= 0.6 is 0 Å². The predicted molar refractivity (Wildman–Crippen MR) is 107 cm³/mol. The van der Waals surface area contributed by atoms with Crippen molar-refractivity contribution < 1.29 is 18.5 Å². The molecular formula is C21H27FN4O3. The fourth-order valence-electron chi connectivity index (χ4n) is 3.33. The third-order valence-corrected chi connectivity index (χ3v) is 5.11. The number of benzene rings is 1. The van der Waals surface area contributed by atoms with Crippen molar-refractivity contribution in [3.05, 3.63) is 41.3 Å². The summed E-state index contributed by atoms with van der Waals surface area (Å²) in [7, 11) is 0. The fourth-order valence-corrected chi connectivity index (χ4v) is 3.33. The summed E-state index contributed by atoms with van der Waals surface area (Å²) < 4.78 is 19.5. The molecule has 1 aromatic heterocycles. The highest BCUT2D eigenvalue weighted by atomic mass is 19.1. The van der Waals surface area contributed by atoms with Gasteiger partial charge in [-0.2, -0.15) is 4.98 Å². The van der Waals surface area contributed by atoms with E-state index in [2.05, 4.69) is 10.1 Å². The van der Waals surface area contributed by atoms with Crippen LogP contribution in [0.3, 0.4) is 0 Å². The molecule has 8 heteroatoms. The molecule has 1 fully saturated rings. The second kappa shape index (κ2) is 9.15. The molecule has 7 nitrogen and oxygen atoms in total. The molecule has 0 radical (unpaired) electrons. The molecule has 0 unspecified atom stereocenters. The number of carbonyl (C=O) groups is 2. The Hall–Kier alpha value is -2.77. The number of aromatic nitrogens is 2. The number of Topliss-reactive ketones (excluding diaryl/α,β-unsaturated/α-hetero) is 1. The molecule has 1 amide bonds. The van der Waals surface area contributed by atoms with E-state index in [9.17, 15) is 14.0 Å². The van der Waals surface area contributed by atoms with Crippen LogP contribution in [0, 0.1) is 5.82 Å². The molecule has 0 spiro atoms. The van der Waals surface area contributed by atoms with Gasteiger partial charge >= 0.3 is 0 Å². The minimum absolute atomic E-state index is 0.0839. The standard InChI is InChI=1S/C21H27FN4O3/c1-14(2)21-23-19(29-24-21)5-4-6-20(28)26-11-9-25(10-12-26)18-8-7-16(15(3)27)13-17(18)22/h7-8,13-14H,4-6,9-12H2,1-3H3. The van der Waals surface area contributed by atoms with Crippen molar-refractivity contribution in [1.82, 2.24) is 15.0 Å². The fraction of sp³-hybridized carbons (Fsp3) is 0.524. The number of carbonyl (C=O) groups excluding carboxylic acids is 2. The molecule has 29 heavy (non-hydrogen) atoms. The Morgan fingerprint density at radius 1 is 1.21 bits per heavy atom. The monoisotopic (exact) mass is 402 g/mol. The minimum atomic E-state index is -0.405. The Labute approximate surface area is 169 Å². The lowest BCUT2D eigenvalue weighted by Gasteiger charge is -2.36. The van der Waals surface area contributed by atoms with E-state index in [0.29, 0.717) is 68.4 Å². The molecule has 3 rings (SSSR count). The quantitative estimate of drug-likeness (QED) is 0.662. The van der Waals surface area contributed by atoms with Gasteiger partial charge in [-0.05, 0) is 31.5 Å². The average Bonchev–Trinajstić information content (AvgIpc) is 3.17. The van der Waals surface area contributed by atoms with Crippen molar-refractivity contribution in [3.8, 4) is 0 Å². The van der Waals surface area contributed by atoms with Gasteiger partial charge in [0.15, 0.2) is 11.6 Å². The number of hydrogen-bond donors (Lipinski definition) is 0. The number of halogens is 1. The van der Waals surface area contributed by atoms with Crippen molar-refractivity contribution in [3.63, 3.8) is 0 Å². The molecule has 1 aliphatic rings. The van der Waals surface area contributed by atoms with E-state index in [1.54, 1.807) is 12.1 Å². The van der Waals surface area contributed by atoms with Crippen LogP contribution < -0.4 is 4.90 Å². The molecule has 2 heterocycles. The molecule has 156 valence electrons. The molecule has 1 aliphatic heterocycles. The number of anilines is 1. The summed E-state index contributed by atoms with van der Waals surface area (Å²) in [4.78, 5) is 31.9. The zero-order valence-corrected chi connectivity index (χ0v) is 17.2. The van der Waals surface area contributed by atoms with Gasteiger partial charge in [0.1, 0.15) is 5.82 Å². The van der Waals surface area contributed by atoms with Gasteiger partial charge in [0.05, 0.1) is 5.69 Å². The lowest BCUT2D eigenvalue weighted by Crippen LogP contribution is -2.49. The highest BCUT2D eigenvalue weighted by Crippen LogP contribution is 2.22. The van der Waals surface area contributed by atoms with Crippen molar-refractivity contribution in [2.45, 2.75) is 46.0 Å². The molecule has 1 saturated heterocycles. The molecule has 0 bridgehead atoms. The van der Waals surface area contributed by atoms with Gasteiger partial charge in [-0.15, -0.1) is 0 Å². The molecule has 0 atom stereocenters. The maximum atomic E-state index is 14.3. The van der Waals surface area contributed by atoms with Gasteiger partial charge in [0.2, 0.25) is 11.8 Å². The first-order chi connectivity index (χ1) is 13.8. The van der Waals surface area contributed by atoms with Gasteiger partial charge in [-0.25, -0.2) is 4.39 Å². The van der Waals surface area contributed by atoms with Crippen molar-refractivity contribution in [2.24, 2.45) is 0 Å². The maximum absolute atomic E-state index is 14.3. The first-order valence-electron chi connectivity index (χ1n) is 10.0. The largest absolute Gasteiger partial charge is 0.366 e. The minimum Gasteiger partial charge on any atom is -0.366 e. The SMILES string of the molecule is CC(=O)c1ccc(N2CCN(C(=O)CCCc3nc(C(C)C)no3)CC2)c(F)c1. The van der Waals surface area contributed by atoms with E-state index < -0.39 is 5.82 Å². The smallest absolute Gasteiger partial charge is 0.226 e. The Morgan fingerprint density at radius 2 is 1.93 bits per heavy atom. The lowest BCUT2D eigenvalue weighted by atomic mass is 10.1. The van der Waals surface area contributed by atoms with Crippen LogP contribution in [-0.4, -0.2) is 52.9 Å². The Morgan fingerprint density at radius 3 is 2.52 bits per heavy atom. The van der Waals surface area contributed by atoms with E-state index >= 15 is 0 Å². The average molecular weight is 402 g/mol.